The fourth-order valence-corrected chi connectivity index (χ4v) is 5.19. The summed E-state index contributed by atoms with van der Waals surface area (Å²) in [7, 11) is 0. The lowest BCUT2D eigenvalue weighted by atomic mass is 10.0. The van der Waals surface area contributed by atoms with E-state index in [1.54, 1.807) is 6.07 Å². The van der Waals surface area contributed by atoms with Crippen molar-refractivity contribution in [3.8, 4) is 34.3 Å². The number of hydrogen-bond donors (Lipinski definition) is 4. The molecule has 0 aliphatic heterocycles. The van der Waals surface area contributed by atoms with Crippen LogP contribution in [0.15, 0.2) is 39.5 Å². The van der Waals surface area contributed by atoms with Crippen molar-refractivity contribution in [3.05, 3.63) is 46.1 Å². The Bertz CT molecular complexity index is 1210. The number of aryl methyl sites for hydroxylation is 1. The summed E-state index contributed by atoms with van der Waals surface area (Å²) in [6, 6.07) is 7.61. The fourth-order valence-electron chi connectivity index (χ4n) is 5.19. The Morgan fingerprint density at radius 2 is 1.10 bits per heavy atom. The van der Waals surface area contributed by atoms with Gasteiger partial charge in [-0.3, -0.25) is 4.79 Å². The molecule has 0 atom stereocenters. The quantitative estimate of drug-likeness (QED) is 0.0949. The van der Waals surface area contributed by atoms with Gasteiger partial charge in [0.25, 0.3) is 0 Å². The van der Waals surface area contributed by atoms with E-state index in [1.165, 1.54) is 89.9 Å². The lowest BCUT2D eigenvalue weighted by Gasteiger charge is -2.09. The molecule has 6 nitrogen and oxygen atoms in total. The molecule has 0 amide bonds. The first-order chi connectivity index (χ1) is 18.9. The van der Waals surface area contributed by atoms with Crippen LogP contribution in [0.5, 0.6) is 23.0 Å². The van der Waals surface area contributed by atoms with Crippen molar-refractivity contribution in [2.75, 3.05) is 0 Å². The molecule has 0 unspecified atom stereocenters. The van der Waals surface area contributed by atoms with Gasteiger partial charge in [-0.25, -0.2) is 0 Å². The van der Waals surface area contributed by atoms with E-state index in [0.29, 0.717) is 5.58 Å². The zero-order valence-corrected chi connectivity index (χ0v) is 23.5. The molecule has 3 aromatic rings. The zero-order valence-electron chi connectivity index (χ0n) is 23.5. The van der Waals surface area contributed by atoms with Crippen LogP contribution in [0.3, 0.4) is 0 Å². The second-order valence-electron chi connectivity index (χ2n) is 10.9. The molecule has 1 aromatic heterocycles. The molecule has 6 heteroatoms. The molecule has 0 fully saturated rings. The maximum atomic E-state index is 12.7. The lowest BCUT2D eigenvalue weighted by Crippen LogP contribution is -2.03. The summed E-state index contributed by atoms with van der Waals surface area (Å²) in [5, 5.41) is 39.9. The van der Waals surface area contributed by atoms with Crippen molar-refractivity contribution in [2.45, 2.75) is 116 Å². The van der Waals surface area contributed by atoms with Crippen molar-refractivity contribution >= 4 is 11.0 Å². The largest absolute Gasteiger partial charge is 0.504 e. The second kappa shape index (κ2) is 16.1. The molecule has 214 valence electrons. The Morgan fingerprint density at radius 1 is 0.615 bits per heavy atom. The first-order valence-corrected chi connectivity index (χ1v) is 15.0. The highest BCUT2D eigenvalue weighted by Gasteiger charge is 2.19. The van der Waals surface area contributed by atoms with Crippen LogP contribution >= 0.6 is 0 Å². The van der Waals surface area contributed by atoms with Crippen LogP contribution in [-0.4, -0.2) is 20.4 Å². The third-order valence-electron chi connectivity index (χ3n) is 7.58. The number of unbranched alkanes of at least 4 members (excludes halogenated alkanes) is 15. The standard InChI is InChI=1S/C33H46O6/c1-2-3-4-5-6-7-8-9-10-11-12-13-14-15-16-17-18-24-19-20-26-29(21-24)39-33(32(38)30(26)36)25-22-27(34)31(37)28(35)23-25/h19-23,34-35,37-38H,2-18H2,1H3. The van der Waals surface area contributed by atoms with E-state index in [1.807, 2.05) is 12.1 Å². The zero-order chi connectivity index (χ0) is 28.0. The molecule has 1 heterocycles. The predicted molar refractivity (Wildman–Crippen MR) is 158 cm³/mol. The van der Waals surface area contributed by atoms with Crippen LogP contribution in [-0.2, 0) is 6.42 Å². The highest BCUT2D eigenvalue weighted by molar-refractivity contribution is 5.83. The van der Waals surface area contributed by atoms with E-state index < -0.39 is 28.4 Å². The smallest absolute Gasteiger partial charge is 0.235 e. The van der Waals surface area contributed by atoms with Crippen molar-refractivity contribution in [2.24, 2.45) is 0 Å². The maximum absolute atomic E-state index is 12.7. The Morgan fingerprint density at radius 3 is 1.62 bits per heavy atom. The van der Waals surface area contributed by atoms with Crippen molar-refractivity contribution in [1.82, 2.24) is 0 Å². The second-order valence-corrected chi connectivity index (χ2v) is 10.9. The van der Waals surface area contributed by atoms with Crippen molar-refractivity contribution in [1.29, 1.82) is 0 Å². The monoisotopic (exact) mass is 538 g/mol. The summed E-state index contributed by atoms with van der Waals surface area (Å²) in [5.74, 6) is -2.62. The SMILES string of the molecule is CCCCCCCCCCCCCCCCCCc1ccc2c(=O)c(O)c(-c3cc(O)c(O)c(O)c3)oc2c1. The van der Waals surface area contributed by atoms with E-state index >= 15 is 0 Å². The van der Waals surface area contributed by atoms with Gasteiger partial charge in [-0.1, -0.05) is 109 Å². The molecule has 0 spiro atoms. The van der Waals surface area contributed by atoms with Crippen LogP contribution in [0, 0.1) is 0 Å². The number of rotatable bonds is 18. The Labute approximate surface area is 232 Å². The number of phenols is 3. The molecule has 0 saturated heterocycles. The molecule has 4 N–H and O–H groups in total. The topological polar surface area (TPSA) is 111 Å². The normalized spacial score (nSPS) is 11.4. The minimum atomic E-state index is -0.678. The van der Waals surface area contributed by atoms with Crippen LogP contribution < -0.4 is 5.43 Å². The Balaban J connectivity index is 1.38. The minimum Gasteiger partial charge on any atom is -0.504 e. The van der Waals surface area contributed by atoms with Gasteiger partial charge in [0.2, 0.25) is 11.2 Å². The van der Waals surface area contributed by atoms with Crippen LogP contribution in [0.1, 0.15) is 115 Å². The summed E-state index contributed by atoms with van der Waals surface area (Å²) in [5.41, 5.74) is 0.868. The number of hydrogen-bond acceptors (Lipinski definition) is 6. The van der Waals surface area contributed by atoms with Crippen LogP contribution in [0.25, 0.3) is 22.3 Å². The summed E-state index contributed by atoms with van der Waals surface area (Å²) >= 11 is 0. The van der Waals surface area contributed by atoms with Gasteiger partial charge in [0.05, 0.1) is 5.39 Å². The van der Waals surface area contributed by atoms with Gasteiger partial charge in [-0.05, 0) is 42.7 Å². The van der Waals surface area contributed by atoms with Gasteiger partial charge in [-0.2, -0.15) is 0 Å². The first-order valence-electron chi connectivity index (χ1n) is 15.0. The summed E-state index contributed by atoms with van der Waals surface area (Å²) < 4.78 is 5.83. The molecular formula is C33H46O6. The fraction of sp³-hybridized carbons (Fsp3) is 0.545. The lowest BCUT2D eigenvalue weighted by molar-refractivity contribution is 0.368. The average molecular weight is 539 g/mol. The first kappa shape index (κ1) is 30.4. The van der Waals surface area contributed by atoms with Gasteiger partial charge in [0.1, 0.15) is 5.58 Å². The molecule has 3 rings (SSSR count). The molecule has 2 aromatic carbocycles. The third kappa shape index (κ3) is 9.22. The van der Waals surface area contributed by atoms with E-state index in [9.17, 15) is 25.2 Å². The molecule has 0 saturated carbocycles. The van der Waals surface area contributed by atoms with Gasteiger partial charge in [0.15, 0.2) is 23.0 Å². The van der Waals surface area contributed by atoms with E-state index in [4.69, 9.17) is 4.42 Å². The van der Waals surface area contributed by atoms with E-state index in [2.05, 4.69) is 6.92 Å². The number of phenolic OH excluding ortho intramolecular Hbond substituents is 3. The highest BCUT2D eigenvalue weighted by Crippen LogP contribution is 2.41. The summed E-state index contributed by atoms with van der Waals surface area (Å²) in [4.78, 5) is 12.7. The average Bonchev–Trinajstić information content (AvgIpc) is 2.93. The number of fused-ring (bicyclic) bond motifs is 1. The van der Waals surface area contributed by atoms with Crippen molar-refractivity contribution < 1.29 is 24.8 Å². The molecule has 0 aliphatic rings. The highest BCUT2D eigenvalue weighted by atomic mass is 16.4. The predicted octanol–water partition coefficient (Wildman–Crippen LogP) is 9.09. The molecule has 39 heavy (non-hydrogen) atoms. The van der Waals surface area contributed by atoms with Crippen LogP contribution in [0.4, 0.5) is 0 Å². The van der Waals surface area contributed by atoms with E-state index in [0.717, 1.165) is 37.0 Å². The summed E-state index contributed by atoms with van der Waals surface area (Å²) in [6.07, 6.45) is 22.1. The van der Waals surface area contributed by atoms with Gasteiger partial charge < -0.3 is 24.8 Å². The Kier molecular flexibility index (Phi) is 12.5. The summed E-state index contributed by atoms with van der Waals surface area (Å²) in [6.45, 7) is 2.27. The number of benzene rings is 2. The van der Waals surface area contributed by atoms with Gasteiger partial charge >= 0.3 is 0 Å². The van der Waals surface area contributed by atoms with Crippen LogP contribution in [0.2, 0.25) is 0 Å². The minimum absolute atomic E-state index is 0.0857. The van der Waals surface area contributed by atoms with Gasteiger partial charge in [-0.15, -0.1) is 0 Å². The molecular weight excluding hydrogens is 492 g/mol. The molecule has 0 bridgehead atoms. The molecule has 0 radical (unpaired) electrons. The van der Waals surface area contributed by atoms with Crippen molar-refractivity contribution in [3.63, 3.8) is 0 Å². The third-order valence-corrected chi connectivity index (χ3v) is 7.58. The maximum Gasteiger partial charge on any atom is 0.235 e. The van der Waals surface area contributed by atoms with E-state index in [-0.39, 0.29) is 16.7 Å². The molecule has 0 aliphatic carbocycles. The number of aromatic hydroxyl groups is 4. The van der Waals surface area contributed by atoms with Gasteiger partial charge in [0, 0.05) is 5.56 Å². The Hall–Kier alpha value is -3.15.